The Labute approximate surface area is 371 Å². The second-order valence-corrected chi connectivity index (χ2v) is 21.3. The van der Waals surface area contributed by atoms with Crippen molar-refractivity contribution in [3.05, 3.63) is 93.0 Å². The van der Waals surface area contributed by atoms with Crippen LogP contribution in [0.4, 0.5) is 40.9 Å². The fourth-order valence-electron chi connectivity index (χ4n) is 7.69. The molecule has 0 aliphatic heterocycles. The molecule has 2 N–H and O–H groups in total. The fraction of sp³-hybridized carbons (Fsp3) is 0.381. The van der Waals surface area contributed by atoms with E-state index < -0.39 is 121 Å². The van der Waals surface area contributed by atoms with E-state index in [-0.39, 0.29) is 49.8 Å². The zero-order valence-electron chi connectivity index (χ0n) is 34.0. The number of hydrogen-bond donors (Lipinski definition) is 2. The normalized spacial score (nSPS) is 18.1. The van der Waals surface area contributed by atoms with Gasteiger partial charge in [0.2, 0.25) is 15.9 Å². The second-order valence-electron chi connectivity index (χ2n) is 16.3. The Morgan fingerprint density at radius 1 is 0.969 bits per heavy atom. The first-order valence-corrected chi connectivity index (χ1v) is 23.4. The van der Waals surface area contributed by atoms with Crippen molar-refractivity contribution in [2.75, 3.05) is 11.0 Å². The van der Waals surface area contributed by atoms with Gasteiger partial charge in [0, 0.05) is 29.0 Å². The lowest BCUT2D eigenvalue weighted by molar-refractivity contribution is -0.123. The molecule has 65 heavy (non-hydrogen) atoms. The lowest BCUT2D eigenvalue weighted by Crippen LogP contribution is -2.36. The number of benzene rings is 2. The molecule has 12 nitrogen and oxygen atoms in total. The minimum Gasteiger partial charge on any atom is -0.346 e. The standard InChI is InChI=1S/C42H34ClF8N7O5S2/c1-41(2,64(3,60)61)13-12-23-4-7-25(26-9-11-29(43)34-37(26)57(18-31(46)47)55-40(34)56-65(62,63)24-5-6-24)35(52-23)30(16-20-14-21(44)17-22(45)15-20)53-32(59)19-58-38-33(36(54-58)39(48)49)27-8-10-28(27)42(38,50)51/h4,7,9,11,14-15,17,24,27-28,30-31,39H,5-6,16,18-19H2,1-3H3,(H,53,59)(H,55,56)/t27-,28+,30-/m0/s1. The number of rotatable bonds is 14. The van der Waals surface area contributed by atoms with E-state index in [2.05, 4.69) is 48.9 Å². The molecule has 0 radical (unpaired) electrons. The molecule has 3 aliphatic carbocycles. The van der Waals surface area contributed by atoms with E-state index in [1.807, 2.05) is 0 Å². The molecule has 0 unspecified atom stereocenters. The van der Waals surface area contributed by atoms with Gasteiger partial charge in [-0.25, -0.2) is 48.2 Å². The quantitative estimate of drug-likeness (QED) is 0.0860. The van der Waals surface area contributed by atoms with Gasteiger partial charge < -0.3 is 5.32 Å². The summed E-state index contributed by atoms with van der Waals surface area (Å²) >= 11 is 6.63. The third-order valence-electron chi connectivity index (χ3n) is 11.3. The van der Waals surface area contributed by atoms with Gasteiger partial charge >= 0.3 is 5.92 Å². The van der Waals surface area contributed by atoms with Gasteiger partial charge in [-0.3, -0.25) is 18.9 Å². The van der Waals surface area contributed by atoms with Crippen molar-refractivity contribution in [1.29, 1.82) is 0 Å². The van der Waals surface area contributed by atoms with Gasteiger partial charge in [0.15, 0.2) is 15.7 Å². The van der Waals surface area contributed by atoms with Gasteiger partial charge in [0.25, 0.3) is 12.9 Å². The van der Waals surface area contributed by atoms with Crippen molar-refractivity contribution in [3.63, 3.8) is 0 Å². The van der Waals surface area contributed by atoms with E-state index in [4.69, 9.17) is 11.6 Å². The highest BCUT2D eigenvalue weighted by Crippen LogP contribution is 2.57. The number of aromatic nitrogens is 5. The van der Waals surface area contributed by atoms with E-state index in [1.165, 1.54) is 38.1 Å². The Morgan fingerprint density at radius 3 is 2.25 bits per heavy atom. The summed E-state index contributed by atoms with van der Waals surface area (Å²) in [5.41, 5.74) is -3.08. The number of hydrogen-bond acceptors (Lipinski definition) is 8. The molecule has 0 bridgehead atoms. The Bertz CT molecular complexity index is 3150. The number of carbonyl (C=O) groups excluding carboxylic acids is 1. The van der Waals surface area contributed by atoms with Crippen molar-refractivity contribution in [3.8, 4) is 34.8 Å². The first kappa shape index (κ1) is 45.8. The monoisotopic (exact) mass is 967 g/mol. The summed E-state index contributed by atoms with van der Waals surface area (Å²) in [5.74, 6) is -0.233. The van der Waals surface area contributed by atoms with E-state index >= 15 is 8.78 Å². The number of nitrogens with zero attached hydrogens (tertiary/aromatic N) is 5. The number of alkyl halides is 6. The van der Waals surface area contributed by atoms with Crippen LogP contribution in [0.1, 0.15) is 79.0 Å². The minimum atomic E-state index is -4.05. The van der Waals surface area contributed by atoms with Gasteiger partial charge in [-0.15, -0.1) is 0 Å². The third kappa shape index (κ3) is 8.63. The Hall–Kier alpha value is -5.71. The molecular formula is C42H34ClF8N7O5S2. The van der Waals surface area contributed by atoms with E-state index in [1.54, 1.807) is 0 Å². The summed E-state index contributed by atoms with van der Waals surface area (Å²) in [6.45, 7) is 0.466. The fourth-order valence-corrected chi connectivity index (χ4v) is 9.51. The summed E-state index contributed by atoms with van der Waals surface area (Å²) in [4.78, 5) is 18.8. The first-order chi connectivity index (χ1) is 30.4. The van der Waals surface area contributed by atoms with Crippen molar-refractivity contribution in [2.24, 2.45) is 5.92 Å². The maximum Gasteiger partial charge on any atom is 0.304 e. The predicted molar refractivity (Wildman–Crippen MR) is 221 cm³/mol. The number of sulfonamides is 1. The van der Waals surface area contributed by atoms with Crippen molar-refractivity contribution in [1.82, 2.24) is 29.9 Å². The molecule has 0 spiro atoms. The molecule has 0 saturated heterocycles. The molecule has 23 heteroatoms. The molecule has 3 aromatic heterocycles. The average Bonchev–Trinajstić information content (AvgIpc) is 3.86. The molecule has 3 atom stereocenters. The maximum atomic E-state index is 15.7. The van der Waals surface area contributed by atoms with Crippen molar-refractivity contribution in [2.45, 2.75) is 86.9 Å². The zero-order valence-corrected chi connectivity index (χ0v) is 36.4. The van der Waals surface area contributed by atoms with Gasteiger partial charge in [0.05, 0.1) is 38.8 Å². The molecule has 3 heterocycles. The van der Waals surface area contributed by atoms with Crippen LogP contribution >= 0.6 is 11.6 Å². The maximum absolute atomic E-state index is 15.7. The van der Waals surface area contributed by atoms with Crippen molar-refractivity contribution < 1.29 is 56.8 Å². The van der Waals surface area contributed by atoms with Gasteiger partial charge in [-0.05, 0) is 74.9 Å². The molecule has 1 saturated carbocycles. The SMILES string of the molecule is CC(C)(C#Cc1ccc(-c2ccc(Cl)c3c(NS(=O)(=O)C4CC4)nn(CC(F)F)c23)c([C@H](Cc2cc(F)cc(F)c2)NC(=O)Cn2nc(C(F)F)c3c2C(F)(F)[C@@H]2C#C[C@H]32)n1)S(C)(=O)=O. The number of carbonyl (C=O) groups is 1. The van der Waals surface area contributed by atoms with Crippen LogP contribution < -0.4 is 10.0 Å². The summed E-state index contributed by atoms with van der Waals surface area (Å²) < 4.78 is 171. The zero-order chi connectivity index (χ0) is 47.1. The van der Waals surface area contributed by atoms with Crippen LogP contribution in [0.2, 0.25) is 5.02 Å². The number of halogens is 9. The molecule has 342 valence electrons. The van der Waals surface area contributed by atoms with Gasteiger partial charge in [0.1, 0.15) is 52.5 Å². The summed E-state index contributed by atoms with van der Waals surface area (Å²) in [5, 5.41) is 9.43. The van der Waals surface area contributed by atoms with E-state index in [0.717, 1.165) is 23.1 Å². The molecule has 2 aromatic carbocycles. The first-order valence-electron chi connectivity index (χ1n) is 19.6. The Kier molecular flexibility index (Phi) is 11.5. The lowest BCUT2D eigenvalue weighted by Gasteiger charge is -2.24. The van der Waals surface area contributed by atoms with Crippen LogP contribution in [0.25, 0.3) is 22.0 Å². The van der Waals surface area contributed by atoms with Crippen LogP contribution in [0.5, 0.6) is 0 Å². The average molecular weight is 968 g/mol. The number of amides is 1. The smallest absolute Gasteiger partial charge is 0.304 e. The van der Waals surface area contributed by atoms with Gasteiger partial charge in [-0.2, -0.15) is 19.0 Å². The number of nitrogens with one attached hydrogen (secondary N) is 2. The van der Waals surface area contributed by atoms with Crippen LogP contribution in [0.3, 0.4) is 0 Å². The van der Waals surface area contributed by atoms with Crippen LogP contribution in [0.15, 0.2) is 42.5 Å². The number of pyridine rings is 1. The van der Waals surface area contributed by atoms with E-state index in [9.17, 15) is 48.0 Å². The van der Waals surface area contributed by atoms with Crippen LogP contribution in [0, 0.1) is 41.2 Å². The largest absolute Gasteiger partial charge is 0.346 e. The summed E-state index contributed by atoms with van der Waals surface area (Å²) in [6, 6.07) is 6.17. The van der Waals surface area contributed by atoms with Crippen LogP contribution in [-0.2, 0) is 50.1 Å². The summed E-state index contributed by atoms with van der Waals surface area (Å²) in [7, 11) is -7.85. The Balaban J connectivity index is 1.32. The second kappa shape index (κ2) is 16.3. The summed E-state index contributed by atoms with van der Waals surface area (Å²) in [6.07, 6.45) is -5.27. The van der Waals surface area contributed by atoms with Crippen molar-refractivity contribution >= 4 is 54.1 Å². The minimum absolute atomic E-state index is 0.000782. The highest BCUT2D eigenvalue weighted by molar-refractivity contribution is 7.93. The van der Waals surface area contributed by atoms with Crippen LogP contribution in [-0.4, -0.2) is 70.0 Å². The number of anilines is 1. The molecule has 1 fully saturated rings. The van der Waals surface area contributed by atoms with E-state index in [0.29, 0.717) is 23.6 Å². The number of sulfone groups is 1. The number of fused-ring (bicyclic) bond motifs is 4. The third-order valence-corrected chi connectivity index (χ3v) is 15.4. The molecule has 3 aliphatic rings. The highest BCUT2D eigenvalue weighted by atomic mass is 35.5. The van der Waals surface area contributed by atoms with Gasteiger partial charge in [-0.1, -0.05) is 35.4 Å². The highest BCUT2D eigenvalue weighted by Gasteiger charge is 2.60. The molecule has 8 rings (SSSR count). The topological polar surface area (TPSA) is 158 Å². The molecular weight excluding hydrogens is 934 g/mol. The Morgan fingerprint density at radius 2 is 1.65 bits per heavy atom. The molecule has 1 amide bonds. The lowest BCUT2D eigenvalue weighted by atomic mass is 9.84. The molecule has 5 aromatic rings. The predicted octanol–water partition coefficient (Wildman–Crippen LogP) is 7.43.